The molecule has 0 aromatic heterocycles. The fraction of sp³-hybridized carbons (Fsp3) is 0.895. The van der Waals surface area contributed by atoms with Crippen LogP contribution in [0.2, 0.25) is 0 Å². The van der Waals surface area contributed by atoms with Gasteiger partial charge in [-0.3, -0.25) is 9.79 Å². The molecule has 0 aromatic carbocycles. The summed E-state index contributed by atoms with van der Waals surface area (Å²) in [4.78, 5) is 18.8. The number of nitrogens with zero attached hydrogens (tertiary/aromatic N) is 2. The zero-order chi connectivity index (χ0) is 18.1. The van der Waals surface area contributed by atoms with Gasteiger partial charge in [0.05, 0.1) is 6.61 Å². The summed E-state index contributed by atoms with van der Waals surface area (Å²) in [6.07, 6.45) is 6.66. The van der Waals surface area contributed by atoms with Crippen molar-refractivity contribution in [2.75, 3.05) is 39.9 Å². The minimum Gasteiger partial charge on any atom is -0.380 e. The number of nitrogens with one attached hydrogen (secondary N) is 2. The molecule has 1 atom stereocenters. The standard InChI is InChI=1S/C19H36N4O2/c1-15(2)9-12-25-13-10-21-19(20-3)22-17-8-11-23(14-17)18(24)16-6-4-5-7-16/h15-17H,4-14H2,1-3H3,(H2,20,21,22). The highest BCUT2D eigenvalue weighted by atomic mass is 16.5. The van der Waals surface area contributed by atoms with E-state index in [1.54, 1.807) is 7.05 Å². The van der Waals surface area contributed by atoms with Gasteiger partial charge in [0.2, 0.25) is 5.91 Å². The normalized spacial score (nSPS) is 22.0. The Morgan fingerprint density at radius 2 is 2.00 bits per heavy atom. The molecule has 0 spiro atoms. The Bertz CT molecular complexity index is 433. The second-order valence-electron chi connectivity index (χ2n) is 7.69. The van der Waals surface area contributed by atoms with Crippen LogP contribution < -0.4 is 10.6 Å². The molecule has 0 radical (unpaired) electrons. The first-order valence-corrected chi connectivity index (χ1v) is 9.94. The van der Waals surface area contributed by atoms with Crippen LogP contribution in [0.1, 0.15) is 52.4 Å². The number of guanidine groups is 1. The van der Waals surface area contributed by atoms with Crippen LogP contribution in [0.5, 0.6) is 0 Å². The molecule has 25 heavy (non-hydrogen) atoms. The fourth-order valence-electron chi connectivity index (χ4n) is 3.56. The predicted molar refractivity (Wildman–Crippen MR) is 102 cm³/mol. The highest BCUT2D eigenvalue weighted by Crippen LogP contribution is 2.27. The van der Waals surface area contributed by atoms with Gasteiger partial charge in [0.1, 0.15) is 0 Å². The van der Waals surface area contributed by atoms with Gasteiger partial charge in [-0.05, 0) is 31.6 Å². The maximum absolute atomic E-state index is 12.5. The second kappa shape index (κ2) is 10.6. The van der Waals surface area contributed by atoms with Gasteiger partial charge in [0.25, 0.3) is 0 Å². The van der Waals surface area contributed by atoms with Crippen LogP contribution in [0.25, 0.3) is 0 Å². The number of carbonyl (C=O) groups is 1. The molecule has 2 rings (SSSR count). The average molecular weight is 353 g/mol. The summed E-state index contributed by atoms with van der Waals surface area (Å²) in [6.45, 7) is 8.31. The third kappa shape index (κ3) is 6.84. The number of rotatable bonds is 8. The Morgan fingerprint density at radius 1 is 1.24 bits per heavy atom. The molecule has 1 heterocycles. The van der Waals surface area contributed by atoms with E-state index in [2.05, 4.69) is 29.5 Å². The van der Waals surface area contributed by atoms with E-state index in [4.69, 9.17) is 4.74 Å². The molecule has 2 N–H and O–H groups in total. The minimum atomic E-state index is 0.277. The van der Waals surface area contributed by atoms with Gasteiger partial charge in [-0.2, -0.15) is 0 Å². The summed E-state index contributed by atoms with van der Waals surface area (Å²) >= 11 is 0. The van der Waals surface area contributed by atoms with Gasteiger partial charge in [-0.1, -0.05) is 26.7 Å². The molecule has 1 saturated heterocycles. The van der Waals surface area contributed by atoms with Gasteiger partial charge >= 0.3 is 0 Å². The Morgan fingerprint density at radius 3 is 2.68 bits per heavy atom. The number of hydrogen-bond acceptors (Lipinski definition) is 3. The SMILES string of the molecule is CN=C(NCCOCCC(C)C)NC1CCN(C(=O)C2CCCC2)C1. The summed E-state index contributed by atoms with van der Waals surface area (Å²) in [6, 6.07) is 0.290. The molecular formula is C19H36N4O2. The molecule has 2 fully saturated rings. The summed E-state index contributed by atoms with van der Waals surface area (Å²) < 4.78 is 5.62. The van der Waals surface area contributed by atoms with Gasteiger partial charge in [0.15, 0.2) is 5.96 Å². The molecule has 0 aromatic rings. The molecule has 1 unspecified atom stereocenters. The van der Waals surface area contributed by atoms with Crippen LogP contribution in [-0.4, -0.2) is 62.7 Å². The number of aliphatic imine (C=N–C) groups is 1. The van der Waals surface area contributed by atoms with E-state index in [0.717, 1.165) is 57.9 Å². The highest BCUT2D eigenvalue weighted by Gasteiger charge is 2.32. The first-order chi connectivity index (χ1) is 12.1. The summed E-state index contributed by atoms with van der Waals surface area (Å²) in [5.74, 6) is 2.12. The van der Waals surface area contributed by atoms with Gasteiger partial charge < -0.3 is 20.3 Å². The molecule has 2 aliphatic rings. The van der Waals surface area contributed by atoms with Gasteiger partial charge in [-0.15, -0.1) is 0 Å². The predicted octanol–water partition coefficient (Wildman–Crippen LogP) is 2.01. The second-order valence-corrected chi connectivity index (χ2v) is 7.69. The molecule has 1 aliphatic carbocycles. The number of amides is 1. The van der Waals surface area contributed by atoms with Gasteiger partial charge in [-0.25, -0.2) is 0 Å². The quantitative estimate of drug-likeness (QED) is 0.398. The monoisotopic (exact) mass is 352 g/mol. The number of likely N-dealkylation sites (tertiary alicyclic amines) is 1. The Labute approximate surface area is 152 Å². The van der Waals surface area contributed by atoms with E-state index in [1.165, 1.54) is 12.8 Å². The molecule has 1 aliphatic heterocycles. The largest absolute Gasteiger partial charge is 0.380 e. The van der Waals surface area contributed by atoms with Gasteiger partial charge in [0, 0.05) is 45.2 Å². The molecule has 1 amide bonds. The first kappa shape index (κ1) is 20.0. The Balaban J connectivity index is 1.62. The van der Waals surface area contributed by atoms with E-state index in [9.17, 15) is 4.79 Å². The Hall–Kier alpha value is -1.30. The van der Waals surface area contributed by atoms with Crippen LogP contribution in [0.3, 0.4) is 0 Å². The molecule has 0 bridgehead atoms. The lowest BCUT2D eigenvalue weighted by Crippen LogP contribution is -2.46. The topological polar surface area (TPSA) is 66.0 Å². The minimum absolute atomic E-state index is 0.277. The van der Waals surface area contributed by atoms with Crippen molar-refractivity contribution >= 4 is 11.9 Å². The maximum atomic E-state index is 12.5. The zero-order valence-electron chi connectivity index (χ0n) is 16.2. The van der Waals surface area contributed by atoms with Crippen molar-refractivity contribution in [1.82, 2.24) is 15.5 Å². The maximum Gasteiger partial charge on any atom is 0.225 e. The zero-order valence-corrected chi connectivity index (χ0v) is 16.2. The smallest absolute Gasteiger partial charge is 0.225 e. The van der Waals surface area contributed by atoms with Crippen molar-refractivity contribution in [1.29, 1.82) is 0 Å². The molecular weight excluding hydrogens is 316 g/mol. The van der Waals surface area contributed by atoms with Crippen molar-refractivity contribution in [3.63, 3.8) is 0 Å². The van der Waals surface area contributed by atoms with Crippen LogP contribution >= 0.6 is 0 Å². The average Bonchev–Trinajstić information content (AvgIpc) is 3.27. The van der Waals surface area contributed by atoms with Crippen molar-refractivity contribution in [3.05, 3.63) is 0 Å². The highest BCUT2D eigenvalue weighted by molar-refractivity contribution is 5.81. The van der Waals surface area contributed by atoms with Crippen LogP contribution in [0.15, 0.2) is 4.99 Å². The lowest BCUT2D eigenvalue weighted by molar-refractivity contribution is -0.134. The lowest BCUT2D eigenvalue weighted by Gasteiger charge is -2.21. The van der Waals surface area contributed by atoms with E-state index >= 15 is 0 Å². The van der Waals surface area contributed by atoms with E-state index < -0.39 is 0 Å². The lowest BCUT2D eigenvalue weighted by atomic mass is 10.1. The molecule has 144 valence electrons. The van der Waals surface area contributed by atoms with Crippen LogP contribution in [0, 0.1) is 11.8 Å². The van der Waals surface area contributed by atoms with E-state index in [1.807, 2.05) is 4.90 Å². The number of hydrogen-bond donors (Lipinski definition) is 2. The number of carbonyl (C=O) groups excluding carboxylic acids is 1. The third-order valence-electron chi connectivity index (χ3n) is 5.15. The molecule has 1 saturated carbocycles. The van der Waals surface area contributed by atoms with E-state index in [-0.39, 0.29) is 5.92 Å². The van der Waals surface area contributed by atoms with Crippen molar-refractivity contribution < 1.29 is 9.53 Å². The Kier molecular flexibility index (Phi) is 8.52. The van der Waals surface area contributed by atoms with Crippen molar-refractivity contribution in [2.24, 2.45) is 16.8 Å². The molecule has 6 nitrogen and oxygen atoms in total. The van der Waals surface area contributed by atoms with Crippen molar-refractivity contribution in [2.45, 2.75) is 58.4 Å². The van der Waals surface area contributed by atoms with E-state index in [0.29, 0.717) is 24.5 Å². The summed E-state index contributed by atoms with van der Waals surface area (Å²) in [7, 11) is 1.78. The first-order valence-electron chi connectivity index (χ1n) is 9.94. The molecule has 6 heteroatoms. The number of ether oxygens (including phenoxy) is 1. The van der Waals surface area contributed by atoms with Crippen LogP contribution in [0.4, 0.5) is 0 Å². The summed E-state index contributed by atoms with van der Waals surface area (Å²) in [5, 5.41) is 6.73. The third-order valence-corrected chi connectivity index (χ3v) is 5.15. The summed E-state index contributed by atoms with van der Waals surface area (Å²) in [5.41, 5.74) is 0. The van der Waals surface area contributed by atoms with Crippen LogP contribution in [-0.2, 0) is 9.53 Å². The fourth-order valence-corrected chi connectivity index (χ4v) is 3.56. The van der Waals surface area contributed by atoms with Crippen molar-refractivity contribution in [3.8, 4) is 0 Å².